The summed E-state index contributed by atoms with van der Waals surface area (Å²) in [5.41, 5.74) is 1.41. The van der Waals surface area contributed by atoms with Crippen molar-refractivity contribution in [1.29, 1.82) is 0 Å². The Labute approximate surface area is 112 Å². The van der Waals surface area contributed by atoms with Crippen molar-refractivity contribution in [2.24, 2.45) is 5.41 Å². The van der Waals surface area contributed by atoms with E-state index in [0.29, 0.717) is 18.8 Å². The minimum Gasteiger partial charge on any atom is -0.391 e. The average molecular weight is 261 g/mol. The fourth-order valence-corrected chi connectivity index (χ4v) is 2.74. The van der Waals surface area contributed by atoms with E-state index in [1.54, 1.807) is 17.2 Å². The van der Waals surface area contributed by atoms with E-state index in [0.717, 1.165) is 18.5 Å². The second-order valence-corrected chi connectivity index (χ2v) is 5.86. The van der Waals surface area contributed by atoms with Crippen LogP contribution < -0.4 is 4.90 Å². The van der Waals surface area contributed by atoms with E-state index in [1.165, 1.54) is 0 Å². The molecule has 1 aliphatic carbocycles. The zero-order chi connectivity index (χ0) is 13.6. The molecule has 0 bridgehead atoms. The number of hydrogen-bond donors (Lipinski definition) is 1. The number of carbonyl (C=O) groups is 1. The Morgan fingerprint density at radius 1 is 1.53 bits per heavy atom. The van der Waals surface area contributed by atoms with E-state index in [1.807, 2.05) is 25.1 Å². The highest BCUT2D eigenvalue weighted by molar-refractivity contribution is 5.93. The van der Waals surface area contributed by atoms with Gasteiger partial charge in [0.05, 0.1) is 6.10 Å². The standard InChI is InChI=1S/C14H19N3O2/c1-16(2)10-3-6-15-11(7-10)13(19)17-8-12(18)14(9-17)4-5-14/h3,6-7,12,18H,4-5,8-9H2,1-2H3. The molecule has 1 N–H and O–H groups in total. The van der Waals surface area contributed by atoms with Crippen molar-refractivity contribution < 1.29 is 9.90 Å². The zero-order valence-corrected chi connectivity index (χ0v) is 11.3. The monoisotopic (exact) mass is 261 g/mol. The lowest BCUT2D eigenvalue weighted by atomic mass is 10.0. The highest BCUT2D eigenvalue weighted by Crippen LogP contribution is 2.52. The average Bonchev–Trinajstić information content (AvgIpc) is 3.10. The molecule has 5 nitrogen and oxygen atoms in total. The molecule has 0 aromatic carbocycles. The van der Waals surface area contributed by atoms with E-state index >= 15 is 0 Å². The van der Waals surface area contributed by atoms with E-state index in [-0.39, 0.29) is 17.4 Å². The Hall–Kier alpha value is -1.62. The maximum atomic E-state index is 12.4. The summed E-state index contributed by atoms with van der Waals surface area (Å²) in [6.07, 6.45) is 3.35. The van der Waals surface area contributed by atoms with Gasteiger partial charge in [0.1, 0.15) is 5.69 Å². The molecule has 3 rings (SSSR count). The molecule has 102 valence electrons. The lowest BCUT2D eigenvalue weighted by Crippen LogP contribution is -2.30. The van der Waals surface area contributed by atoms with Gasteiger partial charge in [0, 0.05) is 44.5 Å². The highest BCUT2D eigenvalue weighted by atomic mass is 16.3. The molecule has 1 amide bonds. The van der Waals surface area contributed by atoms with Crippen LogP contribution >= 0.6 is 0 Å². The molecule has 1 saturated carbocycles. The number of nitrogens with zero attached hydrogens (tertiary/aromatic N) is 3. The van der Waals surface area contributed by atoms with Crippen LogP contribution in [-0.2, 0) is 0 Å². The second-order valence-electron chi connectivity index (χ2n) is 5.86. The van der Waals surface area contributed by atoms with Crippen molar-refractivity contribution in [2.45, 2.75) is 18.9 Å². The second kappa shape index (κ2) is 4.20. The van der Waals surface area contributed by atoms with Gasteiger partial charge in [0.25, 0.3) is 5.91 Å². The smallest absolute Gasteiger partial charge is 0.272 e. The number of pyridine rings is 1. The van der Waals surface area contributed by atoms with Crippen molar-refractivity contribution in [3.63, 3.8) is 0 Å². The Kier molecular flexibility index (Phi) is 2.74. The quantitative estimate of drug-likeness (QED) is 0.853. The molecular formula is C14H19N3O2. The van der Waals surface area contributed by atoms with Crippen LogP contribution in [0.2, 0.25) is 0 Å². The third-order valence-electron chi connectivity index (χ3n) is 4.26. The van der Waals surface area contributed by atoms with Crippen LogP contribution in [0, 0.1) is 5.41 Å². The predicted octanol–water partition coefficient (Wildman–Crippen LogP) is 0.744. The van der Waals surface area contributed by atoms with E-state index in [9.17, 15) is 9.90 Å². The number of anilines is 1. The first-order valence-electron chi connectivity index (χ1n) is 6.63. The number of amides is 1. The minimum absolute atomic E-state index is 0.00514. The molecule has 1 aromatic rings. The molecule has 1 aliphatic heterocycles. The number of hydrogen-bond acceptors (Lipinski definition) is 4. The van der Waals surface area contributed by atoms with Gasteiger partial charge in [-0.25, -0.2) is 0 Å². The van der Waals surface area contributed by atoms with Crippen LogP contribution in [0.15, 0.2) is 18.3 Å². The Bertz CT molecular complexity index is 511. The van der Waals surface area contributed by atoms with Gasteiger partial charge in [-0.15, -0.1) is 0 Å². The first-order valence-corrected chi connectivity index (χ1v) is 6.63. The number of β-amino-alcohol motifs (C(OH)–C–C–N with tert-alkyl or cyclic N) is 1. The van der Waals surface area contributed by atoms with Gasteiger partial charge in [-0.2, -0.15) is 0 Å². The van der Waals surface area contributed by atoms with Crippen molar-refractivity contribution >= 4 is 11.6 Å². The van der Waals surface area contributed by atoms with Crippen LogP contribution in [-0.4, -0.2) is 54.2 Å². The van der Waals surface area contributed by atoms with Gasteiger partial charge in [-0.1, -0.05) is 0 Å². The molecule has 1 spiro atoms. The number of aromatic nitrogens is 1. The molecule has 2 fully saturated rings. The summed E-state index contributed by atoms with van der Waals surface area (Å²) in [7, 11) is 3.87. The lowest BCUT2D eigenvalue weighted by molar-refractivity contribution is 0.0759. The van der Waals surface area contributed by atoms with Gasteiger partial charge < -0.3 is 14.9 Å². The number of carbonyl (C=O) groups excluding carboxylic acids is 1. The van der Waals surface area contributed by atoms with Crippen LogP contribution in [0.5, 0.6) is 0 Å². The summed E-state index contributed by atoms with van der Waals surface area (Å²) in [6, 6.07) is 3.67. The summed E-state index contributed by atoms with van der Waals surface area (Å²) in [5, 5.41) is 10.0. The van der Waals surface area contributed by atoms with Crippen LogP contribution in [0.1, 0.15) is 23.3 Å². The Morgan fingerprint density at radius 2 is 2.26 bits per heavy atom. The molecule has 1 atom stereocenters. The molecule has 2 heterocycles. The number of aliphatic hydroxyl groups excluding tert-OH is 1. The molecule has 19 heavy (non-hydrogen) atoms. The largest absolute Gasteiger partial charge is 0.391 e. The van der Waals surface area contributed by atoms with E-state index < -0.39 is 0 Å². The normalized spacial score (nSPS) is 23.7. The number of aliphatic hydroxyl groups is 1. The van der Waals surface area contributed by atoms with Crippen molar-refractivity contribution in [2.75, 3.05) is 32.1 Å². The van der Waals surface area contributed by atoms with Crippen molar-refractivity contribution in [3.8, 4) is 0 Å². The Balaban J connectivity index is 1.79. The topological polar surface area (TPSA) is 56.7 Å². The Morgan fingerprint density at radius 3 is 2.84 bits per heavy atom. The number of rotatable bonds is 2. The fourth-order valence-electron chi connectivity index (χ4n) is 2.74. The minimum atomic E-state index is -0.367. The summed E-state index contributed by atoms with van der Waals surface area (Å²) < 4.78 is 0. The SMILES string of the molecule is CN(C)c1ccnc(C(=O)N2CC(O)C3(CC3)C2)c1. The van der Waals surface area contributed by atoms with Gasteiger partial charge in [-0.3, -0.25) is 9.78 Å². The summed E-state index contributed by atoms with van der Waals surface area (Å²) in [5.74, 6) is -0.0773. The predicted molar refractivity (Wildman–Crippen MR) is 72.1 cm³/mol. The molecule has 0 radical (unpaired) electrons. The number of likely N-dealkylation sites (tertiary alicyclic amines) is 1. The van der Waals surface area contributed by atoms with Crippen LogP contribution in [0.25, 0.3) is 0 Å². The zero-order valence-electron chi connectivity index (χ0n) is 11.3. The first kappa shape index (κ1) is 12.4. The lowest BCUT2D eigenvalue weighted by Gasteiger charge is -2.17. The maximum absolute atomic E-state index is 12.4. The molecule has 2 aliphatic rings. The molecule has 5 heteroatoms. The third-order valence-corrected chi connectivity index (χ3v) is 4.26. The van der Waals surface area contributed by atoms with E-state index in [4.69, 9.17) is 0 Å². The molecule has 1 aromatic heterocycles. The van der Waals surface area contributed by atoms with Gasteiger partial charge in [0.2, 0.25) is 0 Å². The third kappa shape index (κ3) is 2.08. The highest BCUT2D eigenvalue weighted by Gasteiger charge is 2.55. The van der Waals surface area contributed by atoms with Gasteiger partial charge in [-0.05, 0) is 25.0 Å². The molecule has 1 saturated heterocycles. The molecular weight excluding hydrogens is 242 g/mol. The van der Waals surface area contributed by atoms with Crippen molar-refractivity contribution in [1.82, 2.24) is 9.88 Å². The maximum Gasteiger partial charge on any atom is 0.272 e. The summed E-state index contributed by atoms with van der Waals surface area (Å²) >= 11 is 0. The molecule has 1 unspecified atom stereocenters. The first-order chi connectivity index (χ1) is 9.02. The van der Waals surface area contributed by atoms with Crippen LogP contribution in [0.3, 0.4) is 0 Å². The summed E-state index contributed by atoms with van der Waals surface area (Å²) in [4.78, 5) is 20.3. The summed E-state index contributed by atoms with van der Waals surface area (Å²) in [6.45, 7) is 1.10. The van der Waals surface area contributed by atoms with Gasteiger partial charge >= 0.3 is 0 Å². The van der Waals surface area contributed by atoms with E-state index in [2.05, 4.69) is 4.98 Å². The van der Waals surface area contributed by atoms with Crippen molar-refractivity contribution in [3.05, 3.63) is 24.0 Å². The van der Waals surface area contributed by atoms with Crippen LogP contribution in [0.4, 0.5) is 5.69 Å². The fraction of sp³-hybridized carbons (Fsp3) is 0.571. The van der Waals surface area contributed by atoms with Gasteiger partial charge in [0.15, 0.2) is 0 Å².